The van der Waals surface area contributed by atoms with Gasteiger partial charge in [0.2, 0.25) is 5.76 Å². The van der Waals surface area contributed by atoms with E-state index in [9.17, 15) is 9.59 Å². The van der Waals surface area contributed by atoms with Crippen LogP contribution >= 0.6 is 15.9 Å². The highest BCUT2D eigenvalue weighted by molar-refractivity contribution is 9.10. The first kappa shape index (κ1) is 26.0. The maximum absolute atomic E-state index is 13.9. The number of rotatable bonds is 8. The molecule has 4 aromatic rings. The molecule has 1 aliphatic rings. The number of fused-ring (bicyclic) bond motifs is 2. The third kappa shape index (κ3) is 4.83. The monoisotopic (exact) mass is 575 g/mol. The predicted molar refractivity (Wildman–Crippen MR) is 153 cm³/mol. The van der Waals surface area contributed by atoms with E-state index in [0.29, 0.717) is 52.9 Å². The second kappa shape index (κ2) is 10.7. The van der Waals surface area contributed by atoms with Crippen molar-refractivity contribution < 1.29 is 18.7 Å². The van der Waals surface area contributed by atoms with Gasteiger partial charge in [0.15, 0.2) is 16.9 Å². The van der Waals surface area contributed by atoms with Gasteiger partial charge in [-0.05, 0) is 74.2 Å². The van der Waals surface area contributed by atoms with Crippen LogP contribution in [0.1, 0.15) is 60.5 Å². The van der Waals surface area contributed by atoms with Crippen molar-refractivity contribution in [3.05, 3.63) is 97.8 Å². The normalized spacial score (nSPS) is 14.8. The summed E-state index contributed by atoms with van der Waals surface area (Å²) in [6.45, 7) is 9.23. The van der Waals surface area contributed by atoms with Gasteiger partial charge in [0.25, 0.3) is 5.91 Å². The summed E-state index contributed by atoms with van der Waals surface area (Å²) in [7, 11) is 0. The molecule has 0 saturated carbocycles. The minimum absolute atomic E-state index is 0.0608. The highest BCUT2D eigenvalue weighted by Gasteiger charge is 2.44. The Labute approximate surface area is 230 Å². The van der Waals surface area contributed by atoms with Gasteiger partial charge in [-0.2, -0.15) is 0 Å². The first-order valence-electron chi connectivity index (χ1n) is 12.8. The van der Waals surface area contributed by atoms with Crippen LogP contribution in [0.4, 0.5) is 5.69 Å². The highest BCUT2D eigenvalue weighted by Crippen LogP contribution is 2.43. The van der Waals surface area contributed by atoms with Crippen LogP contribution in [0, 0.1) is 12.8 Å². The van der Waals surface area contributed by atoms with Gasteiger partial charge in [-0.3, -0.25) is 14.5 Å². The third-order valence-electron chi connectivity index (χ3n) is 6.68. The largest absolute Gasteiger partial charge is 0.490 e. The molecule has 1 amide bonds. The van der Waals surface area contributed by atoms with Gasteiger partial charge in [0, 0.05) is 10.2 Å². The maximum atomic E-state index is 13.9. The van der Waals surface area contributed by atoms with Crippen molar-refractivity contribution in [2.75, 3.05) is 18.1 Å². The van der Waals surface area contributed by atoms with Crippen LogP contribution in [0.5, 0.6) is 11.5 Å². The van der Waals surface area contributed by atoms with E-state index in [1.165, 1.54) is 0 Å². The summed E-state index contributed by atoms with van der Waals surface area (Å²) in [5, 5.41) is 0.417. The van der Waals surface area contributed by atoms with Crippen LogP contribution in [0.15, 0.2) is 74.3 Å². The third-order valence-corrected chi connectivity index (χ3v) is 7.17. The Kier molecular flexibility index (Phi) is 7.30. The van der Waals surface area contributed by atoms with E-state index in [-0.39, 0.29) is 17.1 Å². The van der Waals surface area contributed by atoms with Gasteiger partial charge in [-0.25, -0.2) is 0 Å². The zero-order valence-electron chi connectivity index (χ0n) is 21.9. The van der Waals surface area contributed by atoms with Gasteiger partial charge in [0.1, 0.15) is 5.58 Å². The summed E-state index contributed by atoms with van der Waals surface area (Å²) < 4.78 is 18.8. The van der Waals surface area contributed by atoms with Gasteiger partial charge in [-0.15, -0.1) is 0 Å². The topological polar surface area (TPSA) is 69.0 Å². The van der Waals surface area contributed by atoms with Crippen molar-refractivity contribution in [3.63, 3.8) is 0 Å². The van der Waals surface area contributed by atoms with E-state index < -0.39 is 6.04 Å². The molecule has 1 unspecified atom stereocenters. The fourth-order valence-corrected chi connectivity index (χ4v) is 5.08. The minimum atomic E-state index is -0.691. The number of hydrogen-bond acceptors (Lipinski definition) is 5. The number of anilines is 1. The number of amides is 1. The van der Waals surface area contributed by atoms with Crippen LogP contribution < -0.4 is 19.8 Å². The van der Waals surface area contributed by atoms with E-state index in [1.54, 1.807) is 23.1 Å². The molecule has 6 nitrogen and oxygen atoms in total. The molecule has 0 saturated heterocycles. The molecular weight excluding hydrogens is 546 g/mol. The Hall–Kier alpha value is -3.58. The minimum Gasteiger partial charge on any atom is -0.490 e. The Morgan fingerprint density at radius 1 is 0.974 bits per heavy atom. The predicted octanol–water partition coefficient (Wildman–Crippen LogP) is 7.44. The lowest BCUT2D eigenvalue weighted by molar-refractivity contribution is 0.0971. The molecule has 1 aliphatic heterocycles. The lowest BCUT2D eigenvalue weighted by atomic mass is 9.97. The Morgan fingerprint density at radius 2 is 1.74 bits per heavy atom. The molecular formula is C31H30BrNO5. The highest BCUT2D eigenvalue weighted by atomic mass is 79.9. The number of nitrogens with zero attached hydrogens (tertiary/aromatic N) is 1. The van der Waals surface area contributed by atoms with Crippen molar-refractivity contribution in [1.82, 2.24) is 0 Å². The Bertz CT molecular complexity index is 1560. The molecule has 38 heavy (non-hydrogen) atoms. The molecule has 0 N–H and O–H groups in total. The molecule has 0 radical (unpaired) electrons. The van der Waals surface area contributed by atoms with Gasteiger partial charge >= 0.3 is 0 Å². The SMILES string of the molecule is CCOc1cc(C2c3c(oc4ccc(Br)cc4c3=O)C(=O)N2c2ccc(C)cc2)ccc1OCCC(C)C. The molecule has 1 aromatic heterocycles. The van der Waals surface area contributed by atoms with Crippen LogP contribution in [0.3, 0.4) is 0 Å². The standard InChI is InChI=1S/C31H30BrNO5/c1-5-36-26-16-20(8-12-25(26)37-15-14-18(2)3)28-27-29(34)23-17-21(32)9-13-24(23)38-30(27)31(35)33(28)22-10-6-19(4)7-11-22/h6-13,16-18,28H,5,14-15H2,1-4H3. The first-order chi connectivity index (χ1) is 18.3. The van der Waals surface area contributed by atoms with E-state index >= 15 is 0 Å². The molecule has 2 heterocycles. The molecule has 7 heteroatoms. The molecule has 0 spiro atoms. The number of carbonyl (C=O) groups is 1. The lowest BCUT2D eigenvalue weighted by Gasteiger charge is -2.26. The zero-order chi connectivity index (χ0) is 27.0. The Morgan fingerprint density at radius 3 is 2.45 bits per heavy atom. The van der Waals surface area contributed by atoms with Gasteiger partial charge in [-0.1, -0.05) is 53.5 Å². The summed E-state index contributed by atoms with van der Waals surface area (Å²) in [5.74, 6) is 1.43. The summed E-state index contributed by atoms with van der Waals surface area (Å²) in [6, 6.07) is 17.8. The first-order valence-corrected chi connectivity index (χ1v) is 13.6. The second-order valence-corrected chi connectivity index (χ2v) is 10.8. The van der Waals surface area contributed by atoms with E-state index in [4.69, 9.17) is 13.9 Å². The zero-order valence-corrected chi connectivity index (χ0v) is 23.5. The Balaban J connectivity index is 1.69. The summed E-state index contributed by atoms with van der Waals surface area (Å²) in [6.07, 6.45) is 0.919. The number of ether oxygens (including phenoxy) is 2. The number of halogens is 1. The van der Waals surface area contributed by atoms with Crippen molar-refractivity contribution in [2.45, 2.75) is 40.2 Å². The van der Waals surface area contributed by atoms with Crippen LogP contribution in [-0.2, 0) is 0 Å². The maximum Gasteiger partial charge on any atom is 0.295 e. The molecule has 0 bridgehead atoms. The lowest BCUT2D eigenvalue weighted by Crippen LogP contribution is -2.29. The summed E-state index contributed by atoms with van der Waals surface area (Å²) in [5.41, 5.74) is 2.94. The number of hydrogen-bond donors (Lipinski definition) is 0. The van der Waals surface area contributed by atoms with E-state index in [2.05, 4.69) is 29.8 Å². The van der Waals surface area contributed by atoms with E-state index in [1.807, 2.05) is 56.3 Å². The van der Waals surface area contributed by atoms with Crippen molar-refractivity contribution in [3.8, 4) is 11.5 Å². The fourth-order valence-electron chi connectivity index (χ4n) is 4.72. The van der Waals surface area contributed by atoms with E-state index in [0.717, 1.165) is 22.0 Å². The number of benzene rings is 3. The number of carbonyl (C=O) groups excluding carboxylic acids is 1. The molecule has 1 atom stereocenters. The van der Waals surface area contributed by atoms with Crippen molar-refractivity contribution >= 4 is 38.5 Å². The van der Waals surface area contributed by atoms with Crippen LogP contribution in [0.2, 0.25) is 0 Å². The summed E-state index contributed by atoms with van der Waals surface area (Å²) >= 11 is 3.45. The smallest absolute Gasteiger partial charge is 0.295 e. The molecule has 0 fully saturated rings. The molecule has 5 rings (SSSR count). The quantitative estimate of drug-likeness (QED) is 0.218. The van der Waals surface area contributed by atoms with Crippen LogP contribution in [0.25, 0.3) is 11.0 Å². The summed E-state index contributed by atoms with van der Waals surface area (Å²) in [4.78, 5) is 29.4. The average Bonchev–Trinajstić information content (AvgIpc) is 3.18. The molecule has 196 valence electrons. The number of aryl methyl sites for hydroxylation is 1. The average molecular weight is 576 g/mol. The van der Waals surface area contributed by atoms with Gasteiger partial charge in [0.05, 0.1) is 30.2 Å². The molecule has 3 aromatic carbocycles. The second-order valence-electron chi connectivity index (χ2n) is 9.90. The van der Waals surface area contributed by atoms with Crippen molar-refractivity contribution in [1.29, 1.82) is 0 Å². The fraction of sp³-hybridized carbons (Fsp3) is 0.290. The van der Waals surface area contributed by atoms with Crippen molar-refractivity contribution in [2.24, 2.45) is 5.92 Å². The van der Waals surface area contributed by atoms with Gasteiger partial charge < -0.3 is 13.9 Å². The van der Waals surface area contributed by atoms with Crippen LogP contribution in [-0.4, -0.2) is 19.1 Å². The molecule has 0 aliphatic carbocycles.